The van der Waals surface area contributed by atoms with Gasteiger partial charge < -0.3 is 14.6 Å². The second-order valence-corrected chi connectivity index (χ2v) is 7.97. The molecule has 0 aromatic carbocycles. The first-order valence-corrected chi connectivity index (χ1v) is 10.8. The topological polar surface area (TPSA) is 66.4 Å². The zero-order valence-electron chi connectivity index (χ0n) is 18.4. The third-order valence-electron chi connectivity index (χ3n) is 4.85. The zero-order valence-corrected chi connectivity index (χ0v) is 20.4. The molecular weight excluding hydrogens is 351 g/mol. The van der Waals surface area contributed by atoms with Crippen LogP contribution >= 0.6 is 0 Å². The molecule has 154 valence electrons. The number of carbonyl (C=O) groups excluding carboxylic acids is 2. The fourth-order valence-corrected chi connectivity index (χ4v) is 3.02. The number of ether oxygens (including phenoxy) is 1. The molecule has 0 aliphatic heterocycles. The van der Waals surface area contributed by atoms with Gasteiger partial charge in [-0.1, -0.05) is 96.8 Å². The van der Waals surface area contributed by atoms with Gasteiger partial charge in [-0.15, -0.1) is 0 Å². The molecule has 0 saturated carbocycles. The number of hydrogen-bond donors (Lipinski definition) is 0. The van der Waals surface area contributed by atoms with Crippen LogP contribution in [0, 0.1) is 0 Å². The molecule has 27 heavy (non-hydrogen) atoms. The van der Waals surface area contributed by atoms with E-state index in [0.29, 0.717) is 0 Å². The van der Waals surface area contributed by atoms with E-state index in [4.69, 9.17) is 4.74 Å². The molecule has 0 spiro atoms. The van der Waals surface area contributed by atoms with E-state index in [-0.39, 0.29) is 36.0 Å². The number of rotatable bonds is 18. The van der Waals surface area contributed by atoms with E-state index in [2.05, 4.69) is 6.92 Å². The number of carbonyl (C=O) groups is 2. The van der Waals surface area contributed by atoms with Crippen LogP contribution in [0.5, 0.6) is 0 Å². The van der Waals surface area contributed by atoms with Crippen molar-refractivity contribution in [2.75, 3.05) is 0 Å². The summed E-state index contributed by atoms with van der Waals surface area (Å²) in [5, 5.41) is 10.8. The van der Waals surface area contributed by atoms with Gasteiger partial charge in [0.2, 0.25) is 0 Å². The van der Waals surface area contributed by atoms with Crippen LogP contribution in [0.15, 0.2) is 0 Å². The van der Waals surface area contributed by atoms with E-state index in [9.17, 15) is 14.7 Å². The number of aliphatic carboxylic acids is 1. The van der Waals surface area contributed by atoms with E-state index in [0.717, 1.165) is 19.3 Å². The van der Waals surface area contributed by atoms with Crippen LogP contribution in [0.4, 0.5) is 0 Å². The van der Waals surface area contributed by atoms with E-state index < -0.39 is 17.5 Å². The standard InChI is InChI=1S/C22H42O4.Na/c1-4-5-6-7-8-9-10-11-12-13-14-15-16-17-18-19-20(23)26-22(2,3)21(24)25;/h4-19H2,1-3H3,(H,24,25);/q;+1/p-1. The smallest absolute Gasteiger partial charge is 0.546 e. The minimum Gasteiger partial charge on any atom is -0.546 e. The summed E-state index contributed by atoms with van der Waals surface area (Å²) in [6.45, 7) is 4.94. The number of carboxylic acid groups (broad SMARTS) is 1. The summed E-state index contributed by atoms with van der Waals surface area (Å²) < 4.78 is 4.92. The molecule has 5 heteroatoms. The molecule has 0 fully saturated rings. The Morgan fingerprint density at radius 2 is 1.04 bits per heavy atom. The Morgan fingerprint density at radius 1 is 0.704 bits per heavy atom. The van der Waals surface area contributed by atoms with Crippen molar-refractivity contribution in [3.8, 4) is 0 Å². The van der Waals surface area contributed by atoms with Gasteiger partial charge in [0.05, 0.1) is 5.97 Å². The fraction of sp³-hybridized carbons (Fsp3) is 0.909. The summed E-state index contributed by atoms with van der Waals surface area (Å²) in [6, 6.07) is 0. The summed E-state index contributed by atoms with van der Waals surface area (Å²) in [7, 11) is 0. The van der Waals surface area contributed by atoms with Crippen LogP contribution in [-0.2, 0) is 14.3 Å². The van der Waals surface area contributed by atoms with E-state index >= 15 is 0 Å². The van der Waals surface area contributed by atoms with Gasteiger partial charge in [0.15, 0.2) is 0 Å². The van der Waals surface area contributed by atoms with E-state index in [1.54, 1.807) is 0 Å². The molecule has 0 aliphatic carbocycles. The minimum atomic E-state index is -1.54. The van der Waals surface area contributed by atoms with Crippen LogP contribution < -0.4 is 34.7 Å². The van der Waals surface area contributed by atoms with Gasteiger partial charge in [-0.25, -0.2) is 0 Å². The quantitative estimate of drug-likeness (QED) is 0.204. The molecule has 0 amide bonds. The number of esters is 1. The van der Waals surface area contributed by atoms with Crippen LogP contribution in [0.3, 0.4) is 0 Å². The first-order chi connectivity index (χ1) is 12.4. The maximum atomic E-state index is 11.6. The van der Waals surface area contributed by atoms with E-state index in [1.807, 2.05) is 0 Å². The molecule has 0 aromatic heterocycles. The normalized spacial score (nSPS) is 11.1. The Kier molecular flexibility index (Phi) is 20.8. The molecule has 0 saturated heterocycles. The molecule has 0 N–H and O–H groups in total. The Hall–Kier alpha value is -0.0600. The Balaban J connectivity index is 0. The summed E-state index contributed by atoms with van der Waals surface area (Å²) in [4.78, 5) is 22.4. The van der Waals surface area contributed by atoms with Crippen molar-refractivity contribution < 1.29 is 49.0 Å². The number of unbranched alkanes of at least 4 members (excludes halogenated alkanes) is 14. The van der Waals surface area contributed by atoms with Crippen molar-refractivity contribution in [1.29, 1.82) is 0 Å². The average molecular weight is 393 g/mol. The minimum absolute atomic E-state index is 0. The number of carboxylic acids is 1. The maximum absolute atomic E-state index is 11.6. The summed E-state index contributed by atoms with van der Waals surface area (Å²) >= 11 is 0. The van der Waals surface area contributed by atoms with Crippen molar-refractivity contribution in [2.24, 2.45) is 0 Å². The number of hydrogen-bond acceptors (Lipinski definition) is 4. The van der Waals surface area contributed by atoms with Gasteiger partial charge in [0.25, 0.3) is 0 Å². The van der Waals surface area contributed by atoms with Crippen molar-refractivity contribution in [3.63, 3.8) is 0 Å². The van der Waals surface area contributed by atoms with E-state index in [1.165, 1.54) is 90.9 Å². The van der Waals surface area contributed by atoms with Crippen LogP contribution in [0.1, 0.15) is 124 Å². The Morgan fingerprint density at radius 3 is 1.37 bits per heavy atom. The SMILES string of the molecule is CCCCCCCCCCCCCCCCCC(=O)OC(C)(C)C(=O)[O-].[Na+]. The molecule has 0 atom stereocenters. The zero-order chi connectivity index (χ0) is 19.7. The third-order valence-corrected chi connectivity index (χ3v) is 4.85. The second-order valence-electron chi connectivity index (χ2n) is 7.97. The fourth-order valence-electron chi connectivity index (χ4n) is 3.02. The van der Waals surface area contributed by atoms with Crippen molar-refractivity contribution >= 4 is 11.9 Å². The largest absolute Gasteiger partial charge is 1.00 e. The summed E-state index contributed by atoms with van der Waals surface area (Å²) in [5.41, 5.74) is -1.54. The van der Waals surface area contributed by atoms with Gasteiger partial charge >= 0.3 is 35.5 Å². The average Bonchev–Trinajstić information content (AvgIpc) is 2.57. The van der Waals surface area contributed by atoms with Crippen molar-refractivity contribution in [2.45, 2.75) is 129 Å². The summed E-state index contributed by atoms with van der Waals surface area (Å²) in [6.07, 6.45) is 19.4. The third kappa shape index (κ3) is 19.0. The molecule has 0 heterocycles. The van der Waals surface area contributed by atoms with Crippen LogP contribution in [0.2, 0.25) is 0 Å². The molecule has 0 aromatic rings. The van der Waals surface area contributed by atoms with Crippen molar-refractivity contribution in [1.82, 2.24) is 0 Å². The first-order valence-electron chi connectivity index (χ1n) is 10.8. The monoisotopic (exact) mass is 392 g/mol. The Bertz CT molecular complexity index is 369. The molecule has 0 bridgehead atoms. The maximum Gasteiger partial charge on any atom is 1.00 e. The predicted octanol–water partition coefficient (Wildman–Crippen LogP) is 2.32. The van der Waals surface area contributed by atoms with Crippen LogP contribution in [-0.4, -0.2) is 17.5 Å². The first kappa shape index (κ1) is 29.1. The van der Waals surface area contributed by atoms with Crippen LogP contribution in [0.25, 0.3) is 0 Å². The van der Waals surface area contributed by atoms with Gasteiger partial charge in [-0.3, -0.25) is 4.79 Å². The molecule has 4 nitrogen and oxygen atoms in total. The second kappa shape index (κ2) is 19.3. The molecular formula is C22H41NaO4. The van der Waals surface area contributed by atoms with Gasteiger partial charge in [0.1, 0.15) is 5.60 Å². The molecule has 0 radical (unpaired) electrons. The van der Waals surface area contributed by atoms with Gasteiger partial charge in [-0.05, 0) is 20.3 Å². The Labute approximate surface area is 189 Å². The molecule has 0 unspecified atom stereocenters. The molecule has 0 rings (SSSR count). The van der Waals surface area contributed by atoms with Gasteiger partial charge in [0, 0.05) is 6.42 Å². The summed E-state index contributed by atoms with van der Waals surface area (Å²) in [5.74, 6) is -1.81. The molecule has 0 aliphatic rings. The van der Waals surface area contributed by atoms with Crippen molar-refractivity contribution in [3.05, 3.63) is 0 Å². The predicted molar refractivity (Wildman–Crippen MR) is 105 cm³/mol. The van der Waals surface area contributed by atoms with Gasteiger partial charge in [-0.2, -0.15) is 0 Å².